The van der Waals surface area contributed by atoms with Crippen LogP contribution in [-0.2, 0) is 9.53 Å². The molecule has 0 radical (unpaired) electrons. The van der Waals surface area contributed by atoms with Crippen LogP contribution in [0.25, 0.3) is 11.4 Å². The summed E-state index contributed by atoms with van der Waals surface area (Å²) in [5, 5.41) is 6.91. The summed E-state index contributed by atoms with van der Waals surface area (Å²) in [7, 11) is 1.60. The minimum Gasteiger partial charge on any atom is -0.497 e. The summed E-state index contributed by atoms with van der Waals surface area (Å²) >= 11 is 0. The second-order valence-electron chi connectivity index (χ2n) is 7.72. The van der Waals surface area contributed by atoms with E-state index < -0.39 is 17.0 Å². The molecule has 8 heteroatoms. The van der Waals surface area contributed by atoms with Gasteiger partial charge in [0.25, 0.3) is 0 Å². The molecular formula is C20H28N4O4. The minimum atomic E-state index is -1.00. The van der Waals surface area contributed by atoms with Crippen LogP contribution in [0, 0.1) is 5.41 Å². The summed E-state index contributed by atoms with van der Waals surface area (Å²) in [5.74, 6) is 1.19. The Hall–Kier alpha value is -2.45. The normalized spacial score (nSPS) is 24.3. The molecule has 1 saturated carbocycles. The molecule has 1 aliphatic carbocycles. The second-order valence-corrected chi connectivity index (χ2v) is 7.72. The molecule has 0 aliphatic heterocycles. The summed E-state index contributed by atoms with van der Waals surface area (Å²) in [5.41, 5.74) is 5.73. The molecule has 1 aromatic heterocycles. The van der Waals surface area contributed by atoms with Gasteiger partial charge in [-0.15, -0.1) is 0 Å². The number of hydrogen-bond acceptors (Lipinski definition) is 7. The van der Waals surface area contributed by atoms with Gasteiger partial charge in [-0.3, -0.25) is 4.79 Å². The van der Waals surface area contributed by atoms with Crippen LogP contribution in [0.4, 0.5) is 0 Å². The Balaban J connectivity index is 1.69. The van der Waals surface area contributed by atoms with Gasteiger partial charge in [0.05, 0.1) is 13.2 Å². The fourth-order valence-electron chi connectivity index (χ4n) is 3.50. The maximum Gasteiger partial charge on any atom is 0.249 e. The lowest BCUT2D eigenvalue weighted by Gasteiger charge is -2.57. The quantitative estimate of drug-likeness (QED) is 0.749. The van der Waals surface area contributed by atoms with Crippen molar-refractivity contribution < 1.29 is 18.8 Å². The van der Waals surface area contributed by atoms with Gasteiger partial charge in [0.2, 0.25) is 17.6 Å². The largest absolute Gasteiger partial charge is 0.497 e. The molecule has 1 aromatic carbocycles. The number of nitrogens with two attached hydrogens (primary N) is 1. The third-order valence-electron chi connectivity index (χ3n) is 5.72. The smallest absolute Gasteiger partial charge is 0.249 e. The van der Waals surface area contributed by atoms with E-state index >= 15 is 0 Å². The van der Waals surface area contributed by atoms with Gasteiger partial charge in [-0.25, -0.2) is 0 Å². The third kappa shape index (κ3) is 3.38. The summed E-state index contributed by atoms with van der Waals surface area (Å²) in [4.78, 5) is 17.3. The van der Waals surface area contributed by atoms with Crippen LogP contribution < -0.4 is 15.8 Å². The van der Waals surface area contributed by atoms with Crippen molar-refractivity contribution in [3.63, 3.8) is 0 Å². The molecule has 3 N–H and O–H groups in total. The standard InChI is InChI=1S/C20H28N4O4/c1-6-27-15-11-20(21,19(15,3)4)18(25)22-12(2)17-23-16(24-28-17)13-8-7-9-14(10-13)26-5/h7-10,12,15H,6,11,21H2,1-5H3,(H,22,25). The number of benzene rings is 1. The molecule has 1 fully saturated rings. The molecule has 0 saturated heterocycles. The zero-order valence-corrected chi connectivity index (χ0v) is 17.0. The van der Waals surface area contributed by atoms with E-state index in [4.69, 9.17) is 19.7 Å². The Morgan fingerprint density at radius 2 is 2.21 bits per heavy atom. The van der Waals surface area contributed by atoms with Gasteiger partial charge in [0.15, 0.2) is 0 Å². The SMILES string of the molecule is CCOC1CC(N)(C(=O)NC(C)c2nc(-c3cccc(OC)c3)no2)C1(C)C. The van der Waals surface area contributed by atoms with Crippen LogP contribution >= 0.6 is 0 Å². The maximum atomic E-state index is 12.9. The van der Waals surface area contributed by atoms with Crippen molar-refractivity contribution in [2.75, 3.05) is 13.7 Å². The first-order valence-electron chi connectivity index (χ1n) is 9.42. The van der Waals surface area contributed by atoms with Gasteiger partial charge >= 0.3 is 0 Å². The predicted octanol–water partition coefficient (Wildman–Crippen LogP) is 2.45. The van der Waals surface area contributed by atoms with Crippen LogP contribution in [0.5, 0.6) is 5.75 Å². The highest BCUT2D eigenvalue weighted by atomic mass is 16.5. The van der Waals surface area contributed by atoms with Crippen LogP contribution in [-0.4, -0.2) is 41.4 Å². The monoisotopic (exact) mass is 388 g/mol. The number of carbonyl (C=O) groups is 1. The van der Waals surface area contributed by atoms with Crippen molar-refractivity contribution in [2.45, 2.75) is 51.8 Å². The molecule has 2 aromatic rings. The lowest BCUT2D eigenvalue weighted by Crippen LogP contribution is -2.75. The van der Waals surface area contributed by atoms with Crippen molar-refractivity contribution in [3.8, 4) is 17.1 Å². The molecule has 1 amide bonds. The molecule has 1 aliphatic rings. The fourth-order valence-corrected chi connectivity index (χ4v) is 3.50. The van der Waals surface area contributed by atoms with Gasteiger partial charge in [0, 0.05) is 24.0 Å². The van der Waals surface area contributed by atoms with Crippen LogP contribution in [0.2, 0.25) is 0 Å². The fraction of sp³-hybridized carbons (Fsp3) is 0.550. The van der Waals surface area contributed by atoms with E-state index in [9.17, 15) is 4.79 Å². The van der Waals surface area contributed by atoms with Gasteiger partial charge in [-0.1, -0.05) is 31.1 Å². The highest BCUT2D eigenvalue weighted by Gasteiger charge is 2.63. The van der Waals surface area contributed by atoms with Crippen molar-refractivity contribution in [1.82, 2.24) is 15.5 Å². The van der Waals surface area contributed by atoms with Crippen molar-refractivity contribution in [2.24, 2.45) is 11.1 Å². The van der Waals surface area contributed by atoms with Crippen LogP contribution in [0.3, 0.4) is 0 Å². The summed E-state index contributed by atoms with van der Waals surface area (Å²) in [6.07, 6.45) is 0.442. The average molecular weight is 388 g/mol. The number of amides is 1. The van der Waals surface area contributed by atoms with E-state index in [2.05, 4.69) is 15.5 Å². The third-order valence-corrected chi connectivity index (χ3v) is 5.72. The number of aromatic nitrogens is 2. The Morgan fingerprint density at radius 1 is 1.46 bits per heavy atom. The highest BCUT2D eigenvalue weighted by Crippen LogP contribution is 2.50. The van der Waals surface area contributed by atoms with E-state index in [1.165, 1.54) is 0 Å². The molecule has 3 unspecified atom stereocenters. The van der Waals surface area contributed by atoms with Crippen molar-refractivity contribution >= 4 is 5.91 Å². The van der Waals surface area contributed by atoms with Crippen LogP contribution in [0.1, 0.15) is 46.0 Å². The minimum absolute atomic E-state index is 0.0355. The van der Waals surface area contributed by atoms with Crippen LogP contribution in [0.15, 0.2) is 28.8 Å². The zero-order chi connectivity index (χ0) is 20.5. The molecule has 8 nitrogen and oxygen atoms in total. The highest BCUT2D eigenvalue weighted by molar-refractivity contribution is 5.89. The van der Waals surface area contributed by atoms with Gasteiger partial charge in [0.1, 0.15) is 17.3 Å². The first-order valence-corrected chi connectivity index (χ1v) is 9.42. The number of nitrogens with zero attached hydrogens (tertiary/aromatic N) is 2. The topological polar surface area (TPSA) is 112 Å². The Bertz CT molecular complexity index is 850. The second kappa shape index (κ2) is 7.52. The molecule has 3 rings (SSSR count). The maximum absolute atomic E-state index is 12.9. The molecular weight excluding hydrogens is 360 g/mol. The Morgan fingerprint density at radius 3 is 2.86 bits per heavy atom. The van der Waals surface area contributed by atoms with Gasteiger partial charge in [-0.2, -0.15) is 4.98 Å². The first-order chi connectivity index (χ1) is 13.2. The van der Waals surface area contributed by atoms with E-state index in [0.717, 1.165) is 5.56 Å². The number of rotatable bonds is 7. The number of nitrogens with one attached hydrogen (secondary N) is 1. The Kier molecular flexibility index (Phi) is 5.45. The van der Waals surface area contributed by atoms with E-state index in [1.807, 2.05) is 45.0 Å². The zero-order valence-electron chi connectivity index (χ0n) is 17.0. The van der Waals surface area contributed by atoms with Crippen molar-refractivity contribution in [3.05, 3.63) is 30.2 Å². The lowest BCUT2D eigenvalue weighted by atomic mass is 9.54. The molecule has 152 valence electrons. The van der Waals surface area contributed by atoms with E-state index in [1.54, 1.807) is 14.0 Å². The van der Waals surface area contributed by atoms with Crippen molar-refractivity contribution in [1.29, 1.82) is 0 Å². The summed E-state index contributed by atoms with van der Waals surface area (Å²) in [6, 6.07) is 6.89. The van der Waals surface area contributed by atoms with Gasteiger partial charge in [-0.05, 0) is 26.0 Å². The first kappa shape index (κ1) is 20.3. The summed E-state index contributed by atoms with van der Waals surface area (Å²) < 4.78 is 16.3. The molecule has 0 bridgehead atoms. The van der Waals surface area contributed by atoms with E-state index in [0.29, 0.717) is 30.5 Å². The van der Waals surface area contributed by atoms with Gasteiger partial charge < -0.3 is 25.0 Å². The predicted molar refractivity (Wildman–Crippen MR) is 104 cm³/mol. The van der Waals surface area contributed by atoms with E-state index in [-0.39, 0.29) is 12.0 Å². The number of carbonyl (C=O) groups excluding carboxylic acids is 1. The Labute approximate surface area is 164 Å². The number of hydrogen-bond donors (Lipinski definition) is 2. The molecule has 0 spiro atoms. The number of ether oxygens (including phenoxy) is 2. The number of methoxy groups -OCH3 is 1. The molecule has 3 atom stereocenters. The molecule has 1 heterocycles. The molecule has 28 heavy (non-hydrogen) atoms. The summed E-state index contributed by atoms with van der Waals surface area (Å²) in [6.45, 7) is 8.22. The average Bonchev–Trinajstić information content (AvgIpc) is 3.18. The lowest BCUT2D eigenvalue weighted by molar-refractivity contribution is -0.171.